The first kappa shape index (κ1) is 10.2. The average molecular weight is 215 g/mol. The van der Waals surface area contributed by atoms with E-state index in [1.807, 2.05) is 6.07 Å². The van der Waals surface area contributed by atoms with E-state index >= 15 is 0 Å². The molecule has 0 fully saturated rings. The van der Waals surface area contributed by atoms with Gasteiger partial charge in [0, 0.05) is 0 Å². The van der Waals surface area contributed by atoms with Crippen LogP contribution in [0.25, 0.3) is 0 Å². The van der Waals surface area contributed by atoms with Crippen LogP contribution in [0, 0.1) is 11.3 Å². The summed E-state index contributed by atoms with van der Waals surface area (Å²) in [6.07, 6.45) is 0. The van der Waals surface area contributed by atoms with Crippen LogP contribution in [0.15, 0.2) is 16.3 Å². The summed E-state index contributed by atoms with van der Waals surface area (Å²) in [6, 6.07) is 4.92. The van der Waals surface area contributed by atoms with Gasteiger partial charge in [-0.1, -0.05) is 0 Å². The van der Waals surface area contributed by atoms with Gasteiger partial charge in [-0.3, -0.25) is 0 Å². The number of hydrogen-bond donors (Lipinski definition) is 0. The largest absolute Gasteiger partial charge is 0.223 e. The van der Waals surface area contributed by atoms with Crippen molar-refractivity contribution in [1.82, 2.24) is 0 Å². The Morgan fingerprint density at radius 3 is 2.46 bits per heavy atom. The summed E-state index contributed by atoms with van der Waals surface area (Å²) < 4.78 is 23.4. The molecule has 1 aromatic rings. The van der Waals surface area contributed by atoms with Crippen LogP contribution in [0.2, 0.25) is 0 Å². The van der Waals surface area contributed by atoms with Crippen molar-refractivity contribution in [2.24, 2.45) is 0 Å². The minimum absolute atomic E-state index is 0.277. The summed E-state index contributed by atoms with van der Waals surface area (Å²) in [4.78, 5) is 0.430. The van der Waals surface area contributed by atoms with Gasteiger partial charge < -0.3 is 0 Å². The highest BCUT2D eigenvalue weighted by atomic mass is 32.2. The van der Waals surface area contributed by atoms with Crippen LogP contribution in [0.5, 0.6) is 0 Å². The van der Waals surface area contributed by atoms with Crippen LogP contribution in [-0.4, -0.2) is 13.7 Å². The summed E-state index contributed by atoms with van der Waals surface area (Å²) >= 11 is 1.02. The maximum absolute atomic E-state index is 11.6. The molecular weight excluding hydrogens is 206 g/mol. The number of thiophene rings is 1. The molecule has 5 heteroatoms. The van der Waals surface area contributed by atoms with Gasteiger partial charge in [0.25, 0.3) is 0 Å². The molecule has 0 aliphatic heterocycles. The maximum atomic E-state index is 11.6. The minimum atomic E-state index is -3.20. The van der Waals surface area contributed by atoms with E-state index in [4.69, 9.17) is 5.26 Å². The number of rotatable bonds is 2. The van der Waals surface area contributed by atoms with Crippen molar-refractivity contribution >= 4 is 21.2 Å². The quantitative estimate of drug-likeness (QED) is 0.755. The van der Waals surface area contributed by atoms with Gasteiger partial charge in [-0.15, -0.1) is 11.3 Å². The SMILES string of the molecule is CC(C)S(=O)(=O)c1ccc(C#N)s1. The summed E-state index contributed by atoms with van der Waals surface area (Å²) in [6.45, 7) is 3.25. The monoisotopic (exact) mass is 215 g/mol. The van der Waals surface area contributed by atoms with E-state index in [2.05, 4.69) is 0 Å². The minimum Gasteiger partial charge on any atom is -0.223 e. The van der Waals surface area contributed by atoms with Crippen molar-refractivity contribution in [1.29, 1.82) is 5.26 Å². The molecule has 0 amide bonds. The molecule has 0 saturated heterocycles. The van der Waals surface area contributed by atoms with Crippen LogP contribution >= 0.6 is 11.3 Å². The lowest BCUT2D eigenvalue weighted by Gasteiger charge is -2.03. The Hall–Kier alpha value is -0.860. The molecule has 3 nitrogen and oxygen atoms in total. The first-order valence-corrected chi connectivity index (χ1v) is 6.08. The lowest BCUT2D eigenvalue weighted by atomic mass is 10.5. The molecule has 0 unspecified atom stereocenters. The third-order valence-electron chi connectivity index (χ3n) is 1.59. The van der Waals surface area contributed by atoms with Gasteiger partial charge in [0.2, 0.25) is 0 Å². The summed E-state index contributed by atoms with van der Waals surface area (Å²) in [7, 11) is -3.20. The number of nitrogens with zero attached hydrogens (tertiary/aromatic N) is 1. The molecule has 0 aliphatic carbocycles. The second-order valence-corrected chi connectivity index (χ2v) is 6.64. The zero-order valence-corrected chi connectivity index (χ0v) is 8.95. The normalized spacial score (nSPS) is 11.5. The van der Waals surface area contributed by atoms with E-state index in [0.717, 1.165) is 11.3 Å². The fraction of sp³-hybridized carbons (Fsp3) is 0.375. The highest BCUT2D eigenvalue weighted by Crippen LogP contribution is 2.24. The van der Waals surface area contributed by atoms with Gasteiger partial charge in [0.1, 0.15) is 15.2 Å². The molecule has 0 atom stereocenters. The van der Waals surface area contributed by atoms with E-state index in [-0.39, 0.29) is 4.21 Å². The van der Waals surface area contributed by atoms with Crippen molar-refractivity contribution in [2.45, 2.75) is 23.3 Å². The average Bonchev–Trinajstić information content (AvgIpc) is 2.51. The van der Waals surface area contributed by atoms with Crippen LogP contribution in [0.4, 0.5) is 0 Å². The maximum Gasteiger partial charge on any atom is 0.190 e. The standard InChI is InChI=1S/C8H9NO2S2/c1-6(2)13(10,11)8-4-3-7(5-9)12-8/h3-4,6H,1-2H3. The molecule has 1 heterocycles. The smallest absolute Gasteiger partial charge is 0.190 e. The van der Waals surface area contributed by atoms with Crippen molar-refractivity contribution in [3.63, 3.8) is 0 Å². The summed E-state index contributed by atoms with van der Waals surface area (Å²) in [5, 5.41) is 8.09. The van der Waals surface area contributed by atoms with E-state index in [1.54, 1.807) is 13.8 Å². The van der Waals surface area contributed by atoms with Crippen molar-refractivity contribution in [3.8, 4) is 6.07 Å². The van der Waals surface area contributed by atoms with Crippen LogP contribution in [-0.2, 0) is 9.84 Å². The van der Waals surface area contributed by atoms with E-state index in [1.165, 1.54) is 12.1 Å². The second-order valence-electron chi connectivity index (χ2n) is 2.82. The zero-order valence-electron chi connectivity index (χ0n) is 7.31. The van der Waals surface area contributed by atoms with Crippen molar-refractivity contribution in [2.75, 3.05) is 0 Å². The zero-order chi connectivity index (χ0) is 10.1. The van der Waals surface area contributed by atoms with E-state index in [9.17, 15) is 8.42 Å². The highest BCUT2D eigenvalue weighted by molar-refractivity contribution is 7.94. The topological polar surface area (TPSA) is 57.9 Å². The van der Waals surface area contributed by atoms with Crippen LogP contribution < -0.4 is 0 Å². The molecule has 1 aromatic heterocycles. The van der Waals surface area contributed by atoms with E-state index in [0.29, 0.717) is 4.88 Å². The number of nitriles is 1. The first-order chi connectivity index (χ1) is 5.98. The molecular formula is C8H9NO2S2. The van der Waals surface area contributed by atoms with Gasteiger partial charge in [0.15, 0.2) is 9.84 Å². The predicted molar refractivity (Wildman–Crippen MR) is 51.4 cm³/mol. The Kier molecular flexibility index (Phi) is 2.74. The van der Waals surface area contributed by atoms with Gasteiger partial charge in [-0.05, 0) is 26.0 Å². The van der Waals surface area contributed by atoms with Gasteiger partial charge in [-0.2, -0.15) is 5.26 Å². The molecule has 1 rings (SSSR count). The van der Waals surface area contributed by atoms with Crippen LogP contribution in [0.3, 0.4) is 0 Å². The molecule has 0 aromatic carbocycles. The molecule has 0 bridgehead atoms. The lowest BCUT2D eigenvalue weighted by Crippen LogP contribution is -2.12. The Labute approximate surface area is 81.5 Å². The third-order valence-corrected chi connectivity index (χ3v) is 5.26. The van der Waals surface area contributed by atoms with Crippen LogP contribution in [0.1, 0.15) is 18.7 Å². The summed E-state index contributed by atoms with van der Waals surface area (Å²) in [5.74, 6) is 0. The van der Waals surface area contributed by atoms with Gasteiger partial charge in [-0.25, -0.2) is 8.42 Å². The molecule has 0 saturated carbocycles. The number of sulfone groups is 1. The molecule has 0 spiro atoms. The van der Waals surface area contributed by atoms with Crippen molar-refractivity contribution in [3.05, 3.63) is 17.0 Å². The number of hydrogen-bond acceptors (Lipinski definition) is 4. The van der Waals surface area contributed by atoms with Gasteiger partial charge in [0.05, 0.1) is 5.25 Å². The Bertz CT molecular complexity index is 437. The fourth-order valence-corrected chi connectivity index (χ4v) is 3.33. The molecule has 70 valence electrons. The third kappa shape index (κ3) is 1.90. The second kappa shape index (κ2) is 3.48. The van der Waals surface area contributed by atoms with Gasteiger partial charge >= 0.3 is 0 Å². The predicted octanol–water partition coefficient (Wildman–Crippen LogP) is 1.80. The molecule has 0 N–H and O–H groups in total. The first-order valence-electron chi connectivity index (χ1n) is 3.72. The Morgan fingerprint density at radius 1 is 1.46 bits per heavy atom. The van der Waals surface area contributed by atoms with Crippen molar-refractivity contribution < 1.29 is 8.42 Å². The highest BCUT2D eigenvalue weighted by Gasteiger charge is 2.20. The molecule has 0 radical (unpaired) electrons. The Balaban J connectivity index is 3.18. The lowest BCUT2D eigenvalue weighted by molar-refractivity contribution is 0.589. The molecule has 0 aliphatic rings. The molecule has 13 heavy (non-hydrogen) atoms. The Morgan fingerprint density at radius 2 is 2.08 bits per heavy atom. The fourth-order valence-electron chi connectivity index (χ4n) is 0.765. The van der Waals surface area contributed by atoms with E-state index < -0.39 is 15.1 Å². The summed E-state index contributed by atoms with van der Waals surface area (Å²) in [5.41, 5.74) is 0.